The highest BCUT2D eigenvalue weighted by Gasteiger charge is 2.21. The Kier molecular flexibility index (Phi) is 3.97. The van der Waals surface area contributed by atoms with E-state index in [0.29, 0.717) is 0 Å². The maximum atomic E-state index is 11.0. The summed E-state index contributed by atoms with van der Waals surface area (Å²) >= 11 is 0. The lowest BCUT2D eigenvalue weighted by Crippen LogP contribution is -2.25. The fourth-order valence-electron chi connectivity index (χ4n) is 2.96. The Morgan fingerprint density at radius 3 is 1.71 bits per heavy atom. The molecule has 0 saturated heterocycles. The van der Waals surface area contributed by atoms with Crippen LogP contribution in [0.4, 0.5) is 0 Å². The lowest BCUT2D eigenvalue weighted by atomic mass is 10.1. The van der Waals surface area contributed by atoms with E-state index in [-0.39, 0.29) is 11.7 Å². The van der Waals surface area contributed by atoms with Crippen molar-refractivity contribution in [3.05, 3.63) is 70.3 Å². The summed E-state index contributed by atoms with van der Waals surface area (Å²) in [5.74, 6) is -1.18. The van der Waals surface area contributed by atoms with Crippen molar-refractivity contribution in [2.24, 2.45) is 0 Å². The van der Waals surface area contributed by atoms with Crippen LogP contribution in [0.5, 0.6) is 0 Å². The first-order valence-electron chi connectivity index (χ1n) is 7.73. The molecule has 2 heterocycles. The molecule has 0 N–H and O–H groups in total. The van der Waals surface area contributed by atoms with Crippen LogP contribution in [0.2, 0.25) is 0 Å². The van der Waals surface area contributed by atoms with Crippen LogP contribution in [0, 0.1) is 27.7 Å². The number of carboxylic acid groups (broad SMARTS) is 1. The van der Waals surface area contributed by atoms with Gasteiger partial charge in [-0.05, 0) is 51.0 Å². The van der Waals surface area contributed by atoms with Crippen LogP contribution in [-0.4, -0.2) is 25.5 Å². The maximum Gasteiger partial charge on any atom is 0.169 e. The average Bonchev–Trinajstić information content (AvgIpc) is 3.02. The summed E-state index contributed by atoms with van der Waals surface area (Å²) in [7, 11) is 0. The summed E-state index contributed by atoms with van der Waals surface area (Å²) in [5.41, 5.74) is 4.91. The predicted molar refractivity (Wildman–Crippen MR) is 87.7 cm³/mol. The minimum absolute atomic E-state index is 0.152. The number of benzene rings is 1. The van der Waals surface area contributed by atoms with Crippen molar-refractivity contribution in [3.63, 3.8) is 0 Å². The van der Waals surface area contributed by atoms with Crippen LogP contribution >= 0.6 is 0 Å². The molecule has 0 amide bonds. The van der Waals surface area contributed by atoms with Gasteiger partial charge in [-0.15, -0.1) is 0 Å². The summed E-state index contributed by atoms with van der Waals surface area (Å²) in [6.07, 6.45) is -0.275. The molecule has 2 aromatic heterocycles. The molecule has 0 unspecified atom stereocenters. The third-order valence-electron chi connectivity index (χ3n) is 4.00. The molecule has 0 aliphatic heterocycles. The van der Waals surface area contributed by atoms with E-state index in [1.165, 1.54) is 0 Å². The van der Waals surface area contributed by atoms with Gasteiger partial charge in [0.05, 0.1) is 17.4 Å². The summed E-state index contributed by atoms with van der Waals surface area (Å²) in [6.45, 7) is 7.88. The maximum absolute atomic E-state index is 11.0. The van der Waals surface area contributed by atoms with Crippen molar-refractivity contribution in [3.8, 4) is 0 Å². The number of nitrogens with zero attached hydrogens (tertiary/aromatic N) is 4. The van der Waals surface area contributed by atoms with Crippen molar-refractivity contribution in [2.45, 2.75) is 33.9 Å². The number of carboxylic acids is 1. The van der Waals surface area contributed by atoms with Gasteiger partial charge in [-0.1, -0.05) is 24.3 Å². The van der Waals surface area contributed by atoms with E-state index in [0.717, 1.165) is 28.3 Å². The molecule has 0 radical (unpaired) electrons. The van der Waals surface area contributed by atoms with Gasteiger partial charge in [-0.25, -0.2) is 9.36 Å². The number of rotatable bonds is 4. The van der Waals surface area contributed by atoms with Gasteiger partial charge in [-0.3, -0.25) is 0 Å². The van der Waals surface area contributed by atoms with Gasteiger partial charge in [-0.2, -0.15) is 10.2 Å². The Labute approximate surface area is 140 Å². The zero-order chi connectivity index (χ0) is 17.4. The molecule has 0 aliphatic rings. The van der Waals surface area contributed by atoms with Crippen molar-refractivity contribution in [1.82, 2.24) is 19.6 Å². The number of aromatic carboxylic acids is 1. The van der Waals surface area contributed by atoms with Gasteiger partial charge >= 0.3 is 0 Å². The van der Waals surface area contributed by atoms with E-state index < -0.39 is 5.97 Å². The second-order valence-corrected chi connectivity index (χ2v) is 6.03. The van der Waals surface area contributed by atoms with Crippen LogP contribution < -0.4 is 5.11 Å². The first-order chi connectivity index (χ1) is 11.4. The van der Waals surface area contributed by atoms with Crippen molar-refractivity contribution in [2.75, 3.05) is 0 Å². The molecular weight excluding hydrogens is 304 g/mol. The Balaban J connectivity index is 2.17. The van der Waals surface area contributed by atoms with Gasteiger partial charge in [0.15, 0.2) is 6.17 Å². The van der Waals surface area contributed by atoms with Crippen molar-refractivity contribution >= 4 is 5.97 Å². The second-order valence-electron chi connectivity index (χ2n) is 6.03. The zero-order valence-corrected chi connectivity index (χ0v) is 14.1. The highest BCUT2D eigenvalue weighted by atomic mass is 16.4. The van der Waals surface area contributed by atoms with Gasteiger partial charge in [0.1, 0.15) is 0 Å². The van der Waals surface area contributed by atoms with Gasteiger partial charge in [0, 0.05) is 11.4 Å². The summed E-state index contributed by atoms with van der Waals surface area (Å²) in [4.78, 5) is 11.0. The molecule has 0 atom stereocenters. The van der Waals surface area contributed by atoms with Crippen molar-refractivity contribution in [1.29, 1.82) is 0 Å². The first-order valence-corrected chi connectivity index (χ1v) is 7.73. The predicted octanol–water partition coefficient (Wildman–Crippen LogP) is 1.77. The topological polar surface area (TPSA) is 75.8 Å². The monoisotopic (exact) mass is 323 g/mol. The minimum Gasteiger partial charge on any atom is -0.545 e. The standard InChI is InChI=1S/C18H20N4O2/c1-11-9-13(3)21(19-11)17(22-14(4)10-12(2)20-22)15-5-7-16(8-6-15)18(23)24/h5-10,17H,1-4H3,(H,23,24)/p-1. The number of aryl methyl sites for hydroxylation is 4. The fourth-order valence-corrected chi connectivity index (χ4v) is 2.96. The second kappa shape index (κ2) is 5.96. The fraction of sp³-hybridized carbons (Fsp3) is 0.278. The molecule has 1 aromatic carbocycles. The molecule has 3 aromatic rings. The normalized spacial score (nSPS) is 11.2. The lowest BCUT2D eigenvalue weighted by molar-refractivity contribution is -0.255. The molecule has 0 saturated carbocycles. The van der Waals surface area contributed by atoms with Crippen LogP contribution in [-0.2, 0) is 0 Å². The molecule has 3 rings (SSSR count). The van der Waals surface area contributed by atoms with Gasteiger partial charge in [0.25, 0.3) is 0 Å². The Morgan fingerprint density at radius 1 is 0.917 bits per heavy atom. The van der Waals surface area contributed by atoms with Gasteiger partial charge < -0.3 is 9.90 Å². The SMILES string of the molecule is Cc1cc(C)n(C(c2ccc(C(=O)[O-])cc2)n2nc(C)cc2C)n1. The highest BCUT2D eigenvalue weighted by molar-refractivity contribution is 5.85. The summed E-state index contributed by atoms with van der Waals surface area (Å²) in [6, 6.07) is 10.7. The molecule has 6 nitrogen and oxygen atoms in total. The largest absolute Gasteiger partial charge is 0.545 e. The third kappa shape index (κ3) is 2.82. The van der Waals surface area contributed by atoms with E-state index in [1.54, 1.807) is 24.3 Å². The van der Waals surface area contributed by atoms with Crippen LogP contribution in [0.15, 0.2) is 36.4 Å². The number of carbonyl (C=O) groups excluding carboxylic acids is 1. The Morgan fingerprint density at radius 2 is 1.38 bits per heavy atom. The molecular formula is C18H19N4O2-. The molecule has 0 spiro atoms. The molecule has 0 fully saturated rings. The quantitative estimate of drug-likeness (QED) is 0.733. The van der Waals surface area contributed by atoms with E-state index >= 15 is 0 Å². The van der Waals surface area contributed by atoms with Crippen LogP contribution in [0.1, 0.15) is 44.9 Å². The van der Waals surface area contributed by atoms with Crippen molar-refractivity contribution < 1.29 is 9.90 Å². The zero-order valence-electron chi connectivity index (χ0n) is 14.1. The highest BCUT2D eigenvalue weighted by Crippen LogP contribution is 2.24. The molecule has 6 heteroatoms. The Hall–Kier alpha value is -2.89. The molecule has 0 aliphatic carbocycles. The summed E-state index contributed by atoms with van der Waals surface area (Å²) in [5, 5.41) is 20.2. The minimum atomic E-state index is -1.18. The average molecular weight is 323 g/mol. The van der Waals surface area contributed by atoms with E-state index in [2.05, 4.69) is 10.2 Å². The number of aromatic nitrogens is 4. The number of hydrogen-bond donors (Lipinski definition) is 0. The van der Waals surface area contributed by atoms with E-state index in [4.69, 9.17) is 0 Å². The first kappa shape index (κ1) is 16.0. The number of hydrogen-bond acceptors (Lipinski definition) is 4. The molecule has 124 valence electrons. The lowest BCUT2D eigenvalue weighted by Gasteiger charge is -2.22. The van der Waals surface area contributed by atoms with E-state index in [1.807, 2.05) is 49.2 Å². The summed E-state index contributed by atoms with van der Waals surface area (Å²) < 4.78 is 3.81. The molecule has 24 heavy (non-hydrogen) atoms. The van der Waals surface area contributed by atoms with Gasteiger partial charge in [0.2, 0.25) is 0 Å². The number of carbonyl (C=O) groups is 1. The van der Waals surface area contributed by atoms with Crippen LogP contribution in [0.3, 0.4) is 0 Å². The van der Waals surface area contributed by atoms with Crippen LogP contribution in [0.25, 0.3) is 0 Å². The Bertz CT molecular complexity index is 844. The smallest absolute Gasteiger partial charge is 0.169 e. The third-order valence-corrected chi connectivity index (χ3v) is 4.00. The van der Waals surface area contributed by atoms with E-state index in [9.17, 15) is 9.90 Å². The molecule has 0 bridgehead atoms.